The van der Waals surface area contributed by atoms with E-state index in [0.717, 1.165) is 55.4 Å². The van der Waals surface area contributed by atoms with E-state index in [1.807, 2.05) is 16.1 Å². The Bertz CT molecular complexity index is 832. The third kappa shape index (κ3) is 2.22. The van der Waals surface area contributed by atoms with E-state index in [1.165, 1.54) is 17.7 Å². The first-order valence-corrected chi connectivity index (χ1v) is 9.15. The van der Waals surface area contributed by atoms with Crippen LogP contribution in [0.5, 0.6) is 0 Å². The molecule has 0 aromatic carbocycles. The Labute approximate surface area is 138 Å². The van der Waals surface area contributed by atoms with Gasteiger partial charge in [0.1, 0.15) is 0 Å². The molecule has 2 aliphatic rings. The number of nitrogens with zero attached hydrogens (tertiary/aromatic N) is 6. The smallest absolute Gasteiger partial charge is 0.185 e. The van der Waals surface area contributed by atoms with Gasteiger partial charge >= 0.3 is 0 Å². The van der Waals surface area contributed by atoms with E-state index in [9.17, 15) is 0 Å². The molecular weight excluding hydrogens is 308 g/mol. The van der Waals surface area contributed by atoms with Gasteiger partial charge in [-0.05, 0) is 43.7 Å². The van der Waals surface area contributed by atoms with E-state index in [0.29, 0.717) is 5.92 Å². The molecule has 3 aromatic rings. The van der Waals surface area contributed by atoms with Crippen LogP contribution < -0.4 is 4.90 Å². The van der Waals surface area contributed by atoms with Gasteiger partial charge < -0.3 is 4.90 Å². The van der Waals surface area contributed by atoms with Crippen LogP contribution in [0.3, 0.4) is 0 Å². The first kappa shape index (κ1) is 13.4. The molecule has 0 N–H and O–H groups in total. The quantitative estimate of drug-likeness (QED) is 0.724. The van der Waals surface area contributed by atoms with Crippen molar-refractivity contribution in [3.05, 3.63) is 34.7 Å². The first-order chi connectivity index (χ1) is 11.4. The van der Waals surface area contributed by atoms with Crippen LogP contribution in [-0.4, -0.2) is 37.9 Å². The van der Waals surface area contributed by atoms with Crippen molar-refractivity contribution < 1.29 is 0 Å². The van der Waals surface area contributed by atoms with Gasteiger partial charge in [0.05, 0.1) is 5.69 Å². The van der Waals surface area contributed by atoms with Gasteiger partial charge in [0.15, 0.2) is 16.6 Å². The maximum atomic E-state index is 4.83. The van der Waals surface area contributed by atoms with Crippen LogP contribution >= 0.6 is 11.3 Å². The normalized spacial score (nSPS) is 18.7. The fourth-order valence-electron chi connectivity index (χ4n) is 3.75. The highest BCUT2D eigenvalue weighted by atomic mass is 32.1. The fraction of sp³-hybridized carbons (Fsp3) is 0.500. The number of piperidine rings is 1. The molecule has 0 radical (unpaired) electrons. The lowest BCUT2D eigenvalue weighted by Crippen LogP contribution is -2.33. The van der Waals surface area contributed by atoms with E-state index >= 15 is 0 Å². The van der Waals surface area contributed by atoms with E-state index in [-0.39, 0.29) is 0 Å². The van der Waals surface area contributed by atoms with Crippen LogP contribution in [0.4, 0.5) is 5.13 Å². The zero-order valence-electron chi connectivity index (χ0n) is 12.9. The summed E-state index contributed by atoms with van der Waals surface area (Å²) in [5, 5.41) is 16.8. The van der Waals surface area contributed by atoms with E-state index in [2.05, 4.69) is 26.1 Å². The fourth-order valence-corrected chi connectivity index (χ4v) is 4.45. The number of rotatable bonds is 2. The maximum Gasteiger partial charge on any atom is 0.185 e. The predicted octanol–water partition coefficient (Wildman–Crippen LogP) is 2.45. The molecule has 23 heavy (non-hydrogen) atoms. The summed E-state index contributed by atoms with van der Waals surface area (Å²) < 4.78 is 1.99. The Kier molecular flexibility index (Phi) is 3.07. The van der Waals surface area contributed by atoms with Crippen molar-refractivity contribution in [2.75, 3.05) is 18.0 Å². The number of aryl methyl sites for hydroxylation is 2. The van der Waals surface area contributed by atoms with Gasteiger partial charge in [0.25, 0.3) is 0 Å². The SMILES string of the molecule is c1csc(N2CCC(c3nnc4cc5c(nn34)CCC5)CC2)n1. The second-order valence-corrected chi connectivity index (χ2v) is 7.25. The van der Waals surface area contributed by atoms with Crippen LogP contribution in [-0.2, 0) is 12.8 Å². The summed E-state index contributed by atoms with van der Waals surface area (Å²) >= 11 is 1.71. The van der Waals surface area contributed by atoms with E-state index in [1.54, 1.807) is 11.3 Å². The number of fused-ring (bicyclic) bond motifs is 2. The highest BCUT2D eigenvalue weighted by Gasteiger charge is 2.27. The minimum absolute atomic E-state index is 0.438. The summed E-state index contributed by atoms with van der Waals surface area (Å²) in [6.07, 6.45) is 7.48. The van der Waals surface area contributed by atoms with Crippen molar-refractivity contribution in [3.63, 3.8) is 0 Å². The average Bonchev–Trinajstić information content (AvgIpc) is 3.33. The summed E-state index contributed by atoms with van der Waals surface area (Å²) in [6, 6.07) is 2.18. The second-order valence-electron chi connectivity index (χ2n) is 6.37. The van der Waals surface area contributed by atoms with Gasteiger partial charge in [0, 0.05) is 30.6 Å². The molecule has 7 heteroatoms. The number of aromatic nitrogens is 5. The zero-order chi connectivity index (χ0) is 15.2. The molecule has 0 bridgehead atoms. The van der Waals surface area contributed by atoms with Gasteiger partial charge in [-0.2, -0.15) is 9.61 Å². The molecule has 0 amide bonds. The Morgan fingerprint density at radius 2 is 2.04 bits per heavy atom. The summed E-state index contributed by atoms with van der Waals surface area (Å²) in [5.41, 5.74) is 3.50. The molecule has 3 aromatic heterocycles. The summed E-state index contributed by atoms with van der Waals surface area (Å²) in [6.45, 7) is 2.05. The van der Waals surface area contributed by atoms with Crippen molar-refractivity contribution in [3.8, 4) is 0 Å². The Morgan fingerprint density at radius 3 is 2.87 bits per heavy atom. The molecule has 1 aliphatic heterocycles. The standard InChI is InChI=1S/C16H18N6S/c1-2-12-10-14-18-19-15(22(14)20-13(12)3-1)11-4-7-21(8-5-11)16-17-6-9-23-16/h6,9-11H,1-5,7-8H2. The van der Waals surface area contributed by atoms with Crippen molar-refractivity contribution in [2.24, 2.45) is 0 Å². The summed E-state index contributed by atoms with van der Waals surface area (Å²) in [7, 11) is 0. The van der Waals surface area contributed by atoms with E-state index in [4.69, 9.17) is 5.10 Å². The van der Waals surface area contributed by atoms with Crippen molar-refractivity contribution in [1.82, 2.24) is 24.8 Å². The average molecular weight is 326 g/mol. The second kappa shape index (κ2) is 5.26. The van der Waals surface area contributed by atoms with Gasteiger partial charge in [-0.1, -0.05) is 0 Å². The molecule has 0 spiro atoms. The molecule has 1 saturated heterocycles. The van der Waals surface area contributed by atoms with Crippen molar-refractivity contribution in [2.45, 2.75) is 38.0 Å². The molecule has 0 atom stereocenters. The largest absolute Gasteiger partial charge is 0.348 e. The minimum Gasteiger partial charge on any atom is -0.348 e. The van der Waals surface area contributed by atoms with Crippen LogP contribution in [0.15, 0.2) is 17.6 Å². The van der Waals surface area contributed by atoms with E-state index < -0.39 is 0 Å². The van der Waals surface area contributed by atoms with Crippen molar-refractivity contribution in [1.29, 1.82) is 0 Å². The highest BCUT2D eigenvalue weighted by molar-refractivity contribution is 7.13. The molecule has 1 aliphatic carbocycles. The lowest BCUT2D eigenvalue weighted by molar-refractivity contribution is 0.476. The van der Waals surface area contributed by atoms with Crippen LogP contribution in [0.2, 0.25) is 0 Å². The molecule has 118 valence electrons. The van der Waals surface area contributed by atoms with Gasteiger partial charge in [-0.15, -0.1) is 21.5 Å². The lowest BCUT2D eigenvalue weighted by atomic mass is 9.96. The zero-order valence-corrected chi connectivity index (χ0v) is 13.7. The van der Waals surface area contributed by atoms with Gasteiger partial charge in [-0.25, -0.2) is 4.98 Å². The third-order valence-corrected chi connectivity index (χ3v) is 5.83. The number of hydrogen-bond acceptors (Lipinski definition) is 6. The monoisotopic (exact) mass is 326 g/mol. The predicted molar refractivity (Wildman–Crippen MR) is 89.1 cm³/mol. The van der Waals surface area contributed by atoms with Crippen LogP contribution in [0.25, 0.3) is 5.65 Å². The third-order valence-electron chi connectivity index (χ3n) is 4.99. The molecule has 6 nitrogen and oxygen atoms in total. The Hall–Kier alpha value is -2.02. The van der Waals surface area contributed by atoms with Crippen molar-refractivity contribution >= 4 is 22.1 Å². The lowest BCUT2D eigenvalue weighted by Gasteiger charge is -2.30. The Morgan fingerprint density at radius 1 is 1.13 bits per heavy atom. The molecule has 5 rings (SSSR count). The molecular formula is C16H18N6S. The molecule has 0 unspecified atom stereocenters. The topological polar surface area (TPSA) is 59.2 Å². The van der Waals surface area contributed by atoms with Crippen LogP contribution in [0.1, 0.15) is 42.3 Å². The summed E-state index contributed by atoms with van der Waals surface area (Å²) in [5.74, 6) is 1.47. The first-order valence-electron chi connectivity index (χ1n) is 8.27. The highest BCUT2D eigenvalue weighted by Crippen LogP contribution is 2.31. The number of hydrogen-bond donors (Lipinski definition) is 0. The maximum absolute atomic E-state index is 4.83. The van der Waals surface area contributed by atoms with Gasteiger partial charge in [-0.3, -0.25) is 0 Å². The Balaban J connectivity index is 1.41. The summed E-state index contributed by atoms with van der Waals surface area (Å²) in [4.78, 5) is 6.79. The molecule has 0 saturated carbocycles. The number of anilines is 1. The van der Waals surface area contributed by atoms with Crippen LogP contribution in [0, 0.1) is 0 Å². The minimum atomic E-state index is 0.438. The molecule has 1 fully saturated rings. The molecule has 4 heterocycles. The van der Waals surface area contributed by atoms with Gasteiger partial charge in [0.2, 0.25) is 0 Å². The number of thiazole rings is 1.